The molecule has 1 fully saturated rings. The van der Waals surface area contributed by atoms with Crippen molar-refractivity contribution in [3.63, 3.8) is 0 Å². The molecule has 0 unspecified atom stereocenters. The molecular weight excluding hydrogens is 324 g/mol. The second kappa shape index (κ2) is 10.0. The van der Waals surface area contributed by atoms with Crippen LogP contribution in [0.15, 0.2) is 39.6 Å². The summed E-state index contributed by atoms with van der Waals surface area (Å²) in [4.78, 5) is 7.15. The predicted octanol–water partition coefficient (Wildman–Crippen LogP) is 3.93. The van der Waals surface area contributed by atoms with Gasteiger partial charge in [0.2, 0.25) is 0 Å². The number of methoxy groups -OCH3 is 1. The van der Waals surface area contributed by atoms with Crippen molar-refractivity contribution in [3.05, 3.63) is 34.6 Å². The van der Waals surface area contributed by atoms with Gasteiger partial charge in [0.25, 0.3) is 0 Å². The molecule has 2 aliphatic rings. The van der Waals surface area contributed by atoms with Gasteiger partial charge in [-0.05, 0) is 32.0 Å². The summed E-state index contributed by atoms with van der Waals surface area (Å²) < 4.78 is 11.0. The SMILES string of the molecule is CC/C(OCCCOC)=C1/C=CC=C(Cl)C1=NCCN(C)C1CC1. The zero-order valence-electron chi connectivity index (χ0n) is 15.1. The predicted molar refractivity (Wildman–Crippen MR) is 101 cm³/mol. The van der Waals surface area contributed by atoms with Gasteiger partial charge in [-0.1, -0.05) is 24.6 Å². The number of hydrogen-bond acceptors (Lipinski definition) is 4. The molecule has 0 atom stereocenters. The molecule has 0 amide bonds. The van der Waals surface area contributed by atoms with E-state index in [9.17, 15) is 0 Å². The highest BCUT2D eigenvalue weighted by Gasteiger charge is 2.25. The van der Waals surface area contributed by atoms with Crippen molar-refractivity contribution in [2.75, 3.05) is 40.5 Å². The van der Waals surface area contributed by atoms with Crippen LogP contribution in [0.5, 0.6) is 0 Å². The van der Waals surface area contributed by atoms with Crippen LogP contribution in [0.1, 0.15) is 32.6 Å². The van der Waals surface area contributed by atoms with Crippen molar-refractivity contribution >= 4 is 17.3 Å². The number of allylic oxidation sites excluding steroid dienone is 6. The minimum absolute atomic E-state index is 0.646. The van der Waals surface area contributed by atoms with Gasteiger partial charge in [0.15, 0.2) is 0 Å². The summed E-state index contributed by atoms with van der Waals surface area (Å²) in [6.45, 7) is 5.16. The highest BCUT2D eigenvalue weighted by atomic mass is 35.5. The molecule has 5 heteroatoms. The smallest absolute Gasteiger partial charge is 0.105 e. The summed E-state index contributed by atoms with van der Waals surface area (Å²) in [5, 5.41) is 0.688. The van der Waals surface area contributed by atoms with Crippen LogP contribution in [0.25, 0.3) is 0 Å². The molecule has 134 valence electrons. The fraction of sp³-hybridized carbons (Fsp3) is 0.632. The monoisotopic (exact) mass is 352 g/mol. The largest absolute Gasteiger partial charge is 0.497 e. The van der Waals surface area contributed by atoms with E-state index in [4.69, 9.17) is 26.1 Å². The molecule has 0 aromatic carbocycles. The molecule has 4 nitrogen and oxygen atoms in total. The Balaban J connectivity index is 2.04. The maximum Gasteiger partial charge on any atom is 0.105 e. The van der Waals surface area contributed by atoms with Gasteiger partial charge < -0.3 is 14.4 Å². The van der Waals surface area contributed by atoms with Crippen LogP contribution in [0.4, 0.5) is 0 Å². The number of aliphatic imine (C=N–C) groups is 1. The third kappa shape index (κ3) is 5.76. The Hall–Kier alpha value is -1.10. The Morgan fingerprint density at radius 3 is 2.83 bits per heavy atom. The molecule has 24 heavy (non-hydrogen) atoms. The van der Waals surface area contributed by atoms with Crippen LogP contribution in [0.3, 0.4) is 0 Å². The van der Waals surface area contributed by atoms with E-state index in [2.05, 4.69) is 18.9 Å². The van der Waals surface area contributed by atoms with E-state index < -0.39 is 0 Å². The van der Waals surface area contributed by atoms with Crippen molar-refractivity contribution < 1.29 is 9.47 Å². The molecule has 0 radical (unpaired) electrons. The summed E-state index contributed by atoms with van der Waals surface area (Å²) >= 11 is 6.41. The highest BCUT2D eigenvalue weighted by Crippen LogP contribution is 2.26. The van der Waals surface area contributed by atoms with Crippen molar-refractivity contribution in [1.29, 1.82) is 0 Å². The van der Waals surface area contributed by atoms with Gasteiger partial charge in [-0.25, -0.2) is 0 Å². The molecule has 1 saturated carbocycles. The molecule has 0 saturated heterocycles. The molecule has 2 rings (SSSR count). The number of likely N-dealkylation sites (N-methyl/N-ethyl adjacent to an activating group) is 1. The molecule has 2 aliphatic carbocycles. The molecule has 0 bridgehead atoms. The van der Waals surface area contributed by atoms with Gasteiger partial charge in [-0.3, -0.25) is 4.99 Å². The Morgan fingerprint density at radius 2 is 2.17 bits per heavy atom. The normalized spacial score (nSPS) is 21.4. The molecule has 0 N–H and O–H groups in total. The van der Waals surface area contributed by atoms with Gasteiger partial charge in [-0.15, -0.1) is 0 Å². The second-order valence-electron chi connectivity index (χ2n) is 6.20. The Morgan fingerprint density at radius 1 is 1.38 bits per heavy atom. The number of nitrogens with zero attached hydrogens (tertiary/aromatic N) is 2. The maximum atomic E-state index is 6.41. The van der Waals surface area contributed by atoms with Gasteiger partial charge in [-0.2, -0.15) is 0 Å². The van der Waals surface area contributed by atoms with Crippen LogP contribution in [-0.2, 0) is 9.47 Å². The summed E-state index contributed by atoms with van der Waals surface area (Å²) in [5.41, 5.74) is 1.86. The number of halogens is 1. The minimum Gasteiger partial charge on any atom is -0.497 e. The van der Waals surface area contributed by atoms with Crippen LogP contribution in [0.2, 0.25) is 0 Å². The third-order valence-electron chi connectivity index (χ3n) is 4.27. The second-order valence-corrected chi connectivity index (χ2v) is 6.61. The van der Waals surface area contributed by atoms with Crippen LogP contribution in [0, 0.1) is 0 Å². The lowest BCUT2D eigenvalue weighted by Crippen LogP contribution is -2.24. The lowest BCUT2D eigenvalue weighted by Gasteiger charge is -2.18. The van der Waals surface area contributed by atoms with E-state index in [0.717, 1.165) is 49.0 Å². The van der Waals surface area contributed by atoms with E-state index in [0.29, 0.717) is 18.2 Å². The van der Waals surface area contributed by atoms with Gasteiger partial charge in [0, 0.05) is 44.7 Å². The molecule has 0 aromatic heterocycles. The Bertz CT molecular complexity index is 533. The van der Waals surface area contributed by atoms with Gasteiger partial charge in [0.1, 0.15) is 5.76 Å². The van der Waals surface area contributed by atoms with Crippen LogP contribution >= 0.6 is 11.6 Å². The zero-order chi connectivity index (χ0) is 17.4. The van der Waals surface area contributed by atoms with E-state index >= 15 is 0 Å². The molecular formula is C19H29ClN2O2. The topological polar surface area (TPSA) is 34.1 Å². The maximum absolute atomic E-state index is 6.41. The van der Waals surface area contributed by atoms with Gasteiger partial charge in [0.05, 0.1) is 23.9 Å². The average Bonchev–Trinajstić information content (AvgIpc) is 3.41. The molecule has 0 heterocycles. The Kier molecular flexibility index (Phi) is 8.03. The summed E-state index contributed by atoms with van der Waals surface area (Å²) in [5.74, 6) is 0.947. The summed E-state index contributed by atoms with van der Waals surface area (Å²) in [6, 6.07) is 0.757. The van der Waals surface area contributed by atoms with Crippen LogP contribution in [-0.4, -0.2) is 57.1 Å². The quantitative estimate of drug-likeness (QED) is 0.441. The fourth-order valence-corrected chi connectivity index (χ4v) is 2.92. The third-order valence-corrected chi connectivity index (χ3v) is 4.58. The minimum atomic E-state index is 0.646. The average molecular weight is 353 g/mol. The zero-order valence-corrected chi connectivity index (χ0v) is 15.8. The lowest BCUT2D eigenvalue weighted by molar-refractivity contribution is 0.141. The van der Waals surface area contributed by atoms with Crippen LogP contribution < -0.4 is 0 Å². The highest BCUT2D eigenvalue weighted by molar-refractivity contribution is 6.47. The number of hydrogen-bond donors (Lipinski definition) is 0. The fourth-order valence-electron chi connectivity index (χ4n) is 2.69. The van der Waals surface area contributed by atoms with Crippen molar-refractivity contribution in [3.8, 4) is 0 Å². The van der Waals surface area contributed by atoms with E-state index in [1.165, 1.54) is 12.8 Å². The molecule has 0 aliphatic heterocycles. The lowest BCUT2D eigenvalue weighted by atomic mass is 10.0. The number of rotatable bonds is 10. The Labute approximate surface area is 150 Å². The number of ether oxygens (including phenoxy) is 2. The summed E-state index contributed by atoms with van der Waals surface area (Å²) in [6.07, 6.45) is 10.2. The first kappa shape index (κ1) is 19.2. The first-order valence-corrected chi connectivity index (χ1v) is 9.19. The van der Waals surface area contributed by atoms with E-state index in [1.807, 2.05) is 18.2 Å². The molecule has 0 aromatic rings. The van der Waals surface area contributed by atoms with Crippen molar-refractivity contribution in [2.24, 2.45) is 4.99 Å². The standard InChI is InChI=1S/C19H29ClN2O2/c1-4-18(24-14-6-13-23-3)16-7-5-8-17(20)19(16)21-11-12-22(2)15-9-10-15/h5,7-8,15H,4,6,9-14H2,1-3H3/b18-16+,21-19?. The first-order chi connectivity index (χ1) is 11.7. The molecule has 0 spiro atoms. The van der Waals surface area contributed by atoms with Crippen molar-refractivity contribution in [1.82, 2.24) is 4.90 Å². The van der Waals surface area contributed by atoms with Gasteiger partial charge >= 0.3 is 0 Å². The first-order valence-electron chi connectivity index (χ1n) is 8.81. The summed E-state index contributed by atoms with van der Waals surface area (Å²) in [7, 11) is 3.88. The van der Waals surface area contributed by atoms with E-state index in [-0.39, 0.29) is 0 Å². The van der Waals surface area contributed by atoms with E-state index in [1.54, 1.807) is 7.11 Å². The van der Waals surface area contributed by atoms with Crippen molar-refractivity contribution in [2.45, 2.75) is 38.6 Å².